The van der Waals surface area contributed by atoms with Gasteiger partial charge in [0.2, 0.25) is 0 Å². The molecule has 0 radical (unpaired) electrons. The van der Waals surface area contributed by atoms with Crippen LogP contribution in [-0.4, -0.2) is 37.5 Å². The molecule has 0 bridgehead atoms. The van der Waals surface area contributed by atoms with Crippen LogP contribution in [0.3, 0.4) is 0 Å². The van der Waals surface area contributed by atoms with Gasteiger partial charge in [-0.1, -0.05) is 0 Å². The van der Waals surface area contributed by atoms with Gasteiger partial charge >= 0.3 is 0 Å². The lowest BCUT2D eigenvalue weighted by Gasteiger charge is -2.16. The molecule has 1 atom stereocenters. The molecule has 1 N–H and O–H groups in total. The van der Waals surface area contributed by atoms with Gasteiger partial charge in [0.05, 0.1) is 6.10 Å². The van der Waals surface area contributed by atoms with E-state index in [0.29, 0.717) is 17.2 Å². The van der Waals surface area contributed by atoms with Gasteiger partial charge < -0.3 is 5.11 Å². The minimum atomic E-state index is -3.40. The standard InChI is InChI=1S/C11H19NO3S2/c1-8-7-11(16-10(8)3)17(14,15)12(4)6-5-9(2)13/h7,9,13H,5-6H2,1-4H3. The van der Waals surface area contributed by atoms with Crippen LogP contribution < -0.4 is 0 Å². The Hall–Kier alpha value is -0.430. The fourth-order valence-electron chi connectivity index (χ4n) is 1.31. The molecule has 1 unspecified atom stereocenters. The van der Waals surface area contributed by atoms with E-state index in [2.05, 4.69) is 0 Å². The van der Waals surface area contributed by atoms with Crippen molar-refractivity contribution in [2.75, 3.05) is 13.6 Å². The van der Waals surface area contributed by atoms with E-state index in [4.69, 9.17) is 5.11 Å². The molecule has 1 rings (SSSR count). The van der Waals surface area contributed by atoms with Gasteiger partial charge in [0.25, 0.3) is 10.0 Å². The molecular formula is C11H19NO3S2. The largest absolute Gasteiger partial charge is 0.393 e. The van der Waals surface area contributed by atoms with Crippen LogP contribution >= 0.6 is 11.3 Å². The lowest BCUT2D eigenvalue weighted by molar-refractivity contribution is 0.177. The number of aliphatic hydroxyl groups excluding tert-OH is 1. The zero-order valence-corrected chi connectivity index (χ0v) is 12.2. The van der Waals surface area contributed by atoms with Gasteiger partial charge in [0, 0.05) is 18.5 Å². The zero-order chi connectivity index (χ0) is 13.2. The monoisotopic (exact) mass is 277 g/mol. The molecule has 1 heterocycles. The number of rotatable bonds is 5. The van der Waals surface area contributed by atoms with Crippen LogP contribution in [0.4, 0.5) is 0 Å². The van der Waals surface area contributed by atoms with Crippen LogP contribution in [0.15, 0.2) is 10.3 Å². The van der Waals surface area contributed by atoms with E-state index < -0.39 is 16.1 Å². The number of aryl methyl sites for hydroxylation is 2. The number of hydrogen-bond acceptors (Lipinski definition) is 4. The van der Waals surface area contributed by atoms with Crippen molar-refractivity contribution in [1.82, 2.24) is 4.31 Å². The Morgan fingerprint density at radius 3 is 2.47 bits per heavy atom. The molecule has 0 aliphatic heterocycles. The second-order valence-corrected chi connectivity index (χ2v) is 7.80. The summed E-state index contributed by atoms with van der Waals surface area (Å²) in [5.74, 6) is 0. The molecule has 0 fully saturated rings. The molecule has 1 aromatic rings. The molecule has 0 aromatic carbocycles. The lowest BCUT2D eigenvalue weighted by atomic mass is 10.3. The molecule has 6 heteroatoms. The molecule has 0 saturated heterocycles. The smallest absolute Gasteiger partial charge is 0.252 e. The van der Waals surface area contributed by atoms with Crippen molar-refractivity contribution in [1.29, 1.82) is 0 Å². The van der Waals surface area contributed by atoms with Crippen molar-refractivity contribution in [3.63, 3.8) is 0 Å². The summed E-state index contributed by atoms with van der Waals surface area (Å²) in [6.45, 7) is 5.80. The van der Waals surface area contributed by atoms with Crippen molar-refractivity contribution in [3.8, 4) is 0 Å². The maximum absolute atomic E-state index is 12.2. The van der Waals surface area contributed by atoms with Gasteiger partial charge in [0.15, 0.2) is 0 Å². The first-order valence-corrected chi connectivity index (χ1v) is 7.72. The first kappa shape index (κ1) is 14.6. The molecule has 4 nitrogen and oxygen atoms in total. The summed E-state index contributed by atoms with van der Waals surface area (Å²) in [4.78, 5) is 1.02. The number of hydrogen-bond donors (Lipinski definition) is 1. The van der Waals surface area contributed by atoms with E-state index in [0.717, 1.165) is 10.4 Å². The maximum Gasteiger partial charge on any atom is 0.252 e. The molecular weight excluding hydrogens is 258 g/mol. The van der Waals surface area contributed by atoms with Gasteiger partial charge in [-0.05, 0) is 38.8 Å². The molecule has 98 valence electrons. The van der Waals surface area contributed by atoms with Crippen molar-refractivity contribution >= 4 is 21.4 Å². The number of nitrogens with zero attached hydrogens (tertiary/aromatic N) is 1. The Labute approximate surface area is 107 Å². The summed E-state index contributed by atoms with van der Waals surface area (Å²) in [6, 6.07) is 1.70. The second-order valence-electron chi connectivity index (χ2n) is 4.27. The van der Waals surface area contributed by atoms with Crippen LogP contribution in [0.25, 0.3) is 0 Å². The third-order valence-corrected chi connectivity index (χ3v) is 6.13. The van der Waals surface area contributed by atoms with E-state index in [1.165, 1.54) is 15.6 Å². The molecule has 0 amide bonds. The van der Waals surface area contributed by atoms with Crippen LogP contribution in [-0.2, 0) is 10.0 Å². The Kier molecular flexibility index (Phi) is 4.71. The Morgan fingerprint density at radius 1 is 1.47 bits per heavy atom. The highest BCUT2D eigenvalue weighted by Crippen LogP contribution is 2.27. The van der Waals surface area contributed by atoms with Crippen LogP contribution in [0.5, 0.6) is 0 Å². The molecule has 0 aliphatic carbocycles. The number of aliphatic hydroxyl groups is 1. The summed E-state index contributed by atoms with van der Waals surface area (Å²) < 4.78 is 26.0. The number of thiophene rings is 1. The topological polar surface area (TPSA) is 57.6 Å². The van der Waals surface area contributed by atoms with Gasteiger partial charge in [-0.3, -0.25) is 0 Å². The van der Waals surface area contributed by atoms with Crippen LogP contribution in [0.2, 0.25) is 0 Å². The van der Waals surface area contributed by atoms with E-state index in [9.17, 15) is 8.42 Å². The fourth-order valence-corrected chi connectivity index (χ4v) is 4.22. The minimum absolute atomic E-state index is 0.329. The normalized spacial score (nSPS) is 14.2. The summed E-state index contributed by atoms with van der Waals surface area (Å²) >= 11 is 1.29. The quantitative estimate of drug-likeness (QED) is 0.892. The highest BCUT2D eigenvalue weighted by Gasteiger charge is 2.23. The van der Waals surface area contributed by atoms with Crippen molar-refractivity contribution in [2.45, 2.75) is 37.5 Å². The summed E-state index contributed by atoms with van der Waals surface area (Å²) in [7, 11) is -1.85. The van der Waals surface area contributed by atoms with Crippen molar-refractivity contribution < 1.29 is 13.5 Å². The van der Waals surface area contributed by atoms with Gasteiger partial charge in [-0.25, -0.2) is 12.7 Å². The summed E-state index contributed by atoms with van der Waals surface area (Å²) in [6.07, 6.45) is -0.0431. The fraction of sp³-hybridized carbons (Fsp3) is 0.636. The lowest BCUT2D eigenvalue weighted by Crippen LogP contribution is -2.29. The van der Waals surface area contributed by atoms with E-state index >= 15 is 0 Å². The highest BCUT2D eigenvalue weighted by atomic mass is 32.2. The van der Waals surface area contributed by atoms with Crippen LogP contribution in [0, 0.1) is 13.8 Å². The van der Waals surface area contributed by atoms with E-state index in [1.807, 2.05) is 13.8 Å². The average Bonchev–Trinajstić information content (AvgIpc) is 2.56. The van der Waals surface area contributed by atoms with Gasteiger partial charge in [0.1, 0.15) is 4.21 Å². The first-order chi connectivity index (χ1) is 7.75. The highest BCUT2D eigenvalue weighted by molar-refractivity contribution is 7.91. The molecule has 0 spiro atoms. The predicted molar refractivity (Wildman–Crippen MR) is 69.9 cm³/mol. The molecule has 17 heavy (non-hydrogen) atoms. The van der Waals surface area contributed by atoms with Crippen molar-refractivity contribution in [2.24, 2.45) is 0 Å². The third kappa shape index (κ3) is 3.51. The zero-order valence-electron chi connectivity index (χ0n) is 10.6. The number of sulfonamides is 1. The molecule has 0 aliphatic rings. The molecule has 0 saturated carbocycles. The maximum atomic E-state index is 12.2. The Bertz CT molecular complexity index is 457. The minimum Gasteiger partial charge on any atom is -0.393 e. The second kappa shape index (κ2) is 5.48. The van der Waals surface area contributed by atoms with E-state index in [-0.39, 0.29) is 0 Å². The summed E-state index contributed by atoms with van der Waals surface area (Å²) in [5, 5.41) is 9.17. The third-order valence-electron chi connectivity index (χ3n) is 2.67. The average molecular weight is 277 g/mol. The van der Waals surface area contributed by atoms with Crippen molar-refractivity contribution in [3.05, 3.63) is 16.5 Å². The Balaban J connectivity index is 2.87. The SMILES string of the molecule is Cc1cc(S(=O)(=O)N(C)CCC(C)O)sc1C. The van der Waals surface area contributed by atoms with Crippen LogP contribution in [0.1, 0.15) is 23.8 Å². The van der Waals surface area contributed by atoms with Gasteiger partial charge in [-0.2, -0.15) is 0 Å². The van der Waals surface area contributed by atoms with E-state index in [1.54, 1.807) is 20.0 Å². The first-order valence-electron chi connectivity index (χ1n) is 5.46. The van der Waals surface area contributed by atoms with Gasteiger partial charge in [-0.15, -0.1) is 11.3 Å². The summed E-state index contributed by atoms with van der Waals surface area (Å²) in [5.41, 5.74) is 0.998. The molecule has 1 aromatic heterocycles. The predicted octanol–water partition coefficient (Wildman–Crippen LogP) is 1.76. The Morgan fingerprint density at radius 2 is 2.06 bits per heavy atom.